The number of amides is 1. The minimum absolute atomic E-state index is 0.0438. The van der Waals surface area contributed by atoms with E-state index in [0.29, 0.717) is 43.3 Å². The van der Waals surface area contributed by atoms with Crippen LogP contribution in [-0.4, -0.2) is 51.7 Å². The fourth-order valence-corrected chi connectivity index (χ4v) is 3.39. The second kappa shape index (κ2) is 7.85. The van der Waals surface area contributed by atoms with Gasteiger partial charge in [0.1, 0.15) is 12.4 Å². The summed E-state index contributed by atoms with van der Waals surface area (Å²) in [5.41, 5.74) is 1.45. The lowest BCUT2D eigenvalue weighted by Gasteiger charge is -2.35. The summed E-state index contributed by atoms with van der Waals surface area (Å²) < 4.78 is 16.5. The molecule has 5 nitrogen and oxygen atoms in total. The maximum absolute atomic E-state index is 13.9. The molecule has 2 heterocycles. The number of carbonyl (C=O) groups excluding carboxylic acids is 1. The van der Waals surface area contributed by atoms with Crippen molar-refractivity contribution in [3.05, 3.63) is 51.0 Å². The van der Waals surface area contributed by atoms with Gasteiger partial charge in [-0.05, 0) is 35.0 Å². The molecular formula is C17H19BrClFN4O. The molecule has 1 fully saturated rings. The molecule has 0 aliphatic carbocycles. The topological polar surface area (TPSA) is 41.4 Å². The SMILES string of the molecule is Cc1c(Br)cnn1CC(=O)N1CCN(Cc2c(F)cccc2Cl)CC1. The van der Waals surface area contributed by atoms with Gasteiger partial charge in [0.15, 0.2) is 0 Å². The Bertz CT molecular complexity index is 754. The van der Waals surface area contributed by atoms with Crippen molar-refractivity contribution < 1.29 is 9.18 Å². The molecule has 1 amide bonds. The van der Waals surface area contributed by atoms with Crippen LogP contribution < -0.4 is 0 Å². The van der Waals surface area contributed by atoms with Gasteiger partial charge in [0.25, 0.3) is 0 Å². The summed E-state index contributed by atoms with van der Waals surface area (Å²) in [5, 5.41) is 4.64. The monoisotopic (exact) mass is 428 g/mol. The second-order valence-electron chi connectivity index (χ2n) is 6.09. The zero-order valence-electron chi connectivity index (χ0n) is 13.9. The van der Waals surface area contributed by atoms with Crippen LogP contribution >= 0.6 is 27.5 Å². The summed E-state index contributed by atoms with van der Waals surface area (Å²) in [6.45, 7) is 5.23. The minimum Gasteiger partial charge on any atom is -0.339 e. The van der Waals surface area contributed by atoms with Crippen molar-refractivity contribution in [2.75, 3.05) is 26.2 Å². The van der Waals surface area contributed by atoms with Gasteiger partial charge in [-0.1, -0.05) is 17.7 Å². The number of piperazine rings is 1. The van der Waals surface area contributed by atoms with E-state index in [9.17, 15) is 9.18 Å². The molecule has 0 N–H and O–H groups in total. The Morgan fingerprint density at radius 2 is 2.04 bits per heavy atom. The van der Waals surface area contributed by atoms with E-state index in [1.807, 2.05) is 11.8 Å². The van der Waals surface area contributed by atoms with E-state index in [4.69, 9.17) is 11.6 Å². The quantitative estimate of drug-likeness (QED) is 0.750. The zero-order valence-corrected chi connectivity index (χ0v) is 16.2. The number of nitrogens with zero attached hydrogens (tertiary/aromatic N) is 4. The van der Waals surface area contributed by atoms with Crippen LogP contribution in [0, 0.1) is 12.7 Å². The summed E-state index contributed by atoms with van der Waals surface area (Å²) in [6.07, 6.45) is 1.69. The van der Waals surface area contributed by atoms with Crippen LogP contribution in [0.1, 0.15) is 11.3 Å². The molecule has 1 aromatic heterocycles. The molecule has 2 aromatic rings. The van der Waals surface area contributed by atoms with Crippen LogP contribution in [0.3, 0.4) is 0 Å². The third-order valence-electron chi connectivity index (χ3n) is 4.50. The van der Waals surface area contributed by atoms with Gasteiger partial charge >= 0.3 is 0 Å². The molecule has 0 saturated carbocycles. The minimum atomic E-state index is -0.286. The summed E-state index contributed by atoms with van der Waals surface area (Å²) in [4.78, 5) is 16.4. The van der Waals surface area contributed by atoms with Crippen LogP contribution in [0.15, 0.2) is 28.9 Å². The Morgan fingerprint density at radius 3 is 2.64 bits per heavy atom. The number of hydrogen-bond donors (Lipinski definition) is 0. The van der Waals surface area contributed by atoms with Gasteiger partial charge in [0.05, 0.1) is 16.4 Å². The summed E-state index contributed by atoms with van der Waals surface area (Å²) in [5.74, 6) is -0.243. The Hall–Kier alpha value is -1.44. The molecule has 1 saturated heterocycles. The van der Waals surface area contributed by atoms with Crippen molar-refractivity contribution >= 4 is 33.4 Å². The van der Waals surface area contributed by atoms with E-state index >= 15 is 0 Å². The van der Waals surface area contributed by atoms with Crippen LogP contribution in [0.5, 0.6) is 0 Å². The van der Waals surface area contributed by atoms with Crippen molar-refractivity contribution in [3.8, 4) is 0 Å². The van der Waals surface area contributed by atoms with Gasteiger partial charge in [-0.25, -0.2) is 4.39 Å². The normalized spacial score (nSPS) is 15.6. The summed E-state index contributed by atoms with van der Waals surface area (Å²) >= 11 is 9.49. The van der Waals surface area contributed by atoms with E-state index in [2.05, 4.69) is 25.9 Å². The van der Waals surface area contributed by atoms with Gasteiger partial charge in [0.2, 0.25) is 5.91 Å². The largest absolute Gasteiger partial charge is 0.339 e. The highest BCUT2D eigenvalue weighted by Gasteiger charge is 2.23. The van der Waals surface area contributed by atoms with E-state index in [0.717, 1.165) is 10.2 Å². The zero-order chi connectivity index (χ0) is 18.0. The Kier molecular flexibility index (Phi) is 5.76. The second-order valence-corrected chi connectivity index (χ2v) is 7.35. The highest BCUT2D eigenvalue weighted by Crippen LogP contribution is 2.21. The molecule has 1 aliphatic heterocycles. The van der Waals surface area contributed by atoms with E-state index in [1.54, 1.807) is 23.0 Å². The van der Waals surface area contributed by atoms with Crippen LogP contribution in [-0.2, 0) is 17.9 Å². The Balaban J connectivity index is 1.55. The van der Waals surface area contributed by atoms with Crippen LogP contribution in [0.4, 0.5) is 4.39 Å². The predicted octanol–water partition coefficient (Wildman–Crippen LogP) is 3.09. The fourth-order valence-electron chi connectivity index (χ4n) is 2.87. The lowest BCUT2D eigenvalue weighted by Crippen LogP contribution is -2.49. The first-order chi connectivity index (χ1) is 12.0. The third kappa shape index (κ3) is 4.22. The molecule has 0 atom stereocenters. The molecule has 0 radical (unpaired) electrons. The molecule has 1 aromatic carbocycles. The standard InChI is InChI=1S/C17H19BrClFN4O/c1-12-14(18)9-21-24(12)11-17(25)23-7-5-22(6-8-23)10-13-15(19)3-2-4-16(13)20/h2-4,9H,5-8,10-11H2,1H3. The molecule has 0 bridgehead atoms. The van der Waals surface area contributed by atoms with Crippen LogP contribution in [0.2, 0.25) is 5.02 Å². The maximum Gasteiger partial charge on any atom is 0.244 e. The Labute approximate surface area is 159 Å². The molecule has 134 valence electrons. The highest BCUT2D eigenvalue weighted by atomic mass is 79.9. The molecular weight excluding hydrogens is 411 g/mol. The molecule has 8 heteroatoms. The number of rotatable bonds is 4. The lowest BCUT2D eigenvalue weighted by molar-refractivity contribution is -0.133. The summed E-state index contributed by atoms with van der Waals surface area (Å²) in [7, 11) is 0. The van der Waals surface area contributed by atoms with Crippen molar-refractivity contribution in [3.63, 3.8) is 0 Å². The fraction of sp³-hybridized carbons (Fsp3) is 0.412. The summed E-state index contributed by atoms with van der Waals surface area (Å²) in [6, 6.07) is 4.73. The number of hydrogen-bond acceptors (Lipinski definition) is 3. The lowest BCUT2D eigenvalue weighted by atomic mass is 10.2. The number of benzene rings is 1. The average Bonchev–Trinajstić information content (AvgIpc) is 2.91. The first-order valence-corrected chi connectivity index (χ1v) is 9.23. The van der Waals surface area contributed by atoms with Crippen molar-refractivity contribution in [2.24, 2.45) is 0 Å². The number of halogens is 3. The van der Waals surface area contributed by atoms with Gasteiger partial charge < -0.3 is 4.90 Å². The Morgan fingerprint density at radius 1 is 1.32 bits per heavy atom. The molecule has 0 spiro atoms. The van der Waals surface area contributed by atoms with E-state index in [1.165, 1.54) is 6.07 Å². The van der Waals surface area contributed by atoms with E-state index in [-0.39, 0.29) is 18.3 Å². The number of aromatic nitrogens is 2. The first-order valence-electron chi connectivity index (χ1n) is 8.06. The van der Waals surface area contributed by atoms with Gasteiger partial charge in [0, 0.05) is 43.3 Å². The van der Waals surface area contributed by atoms with Gasteiger partial charge in [-0.3, -0.25) is 14.4 Å². The molecule has 3 rings (SSSR count). The van der Waals surface area contributed by atoms with Crippen LogP contribution in [0.25, 0.3) is 0 Å². The molecule has 25 heavy (non-hydrogen) atoms. The third-order valence-corrected chi connectivity index (χ3v) is 5.63. The van der Waals surface area contributed by atoms with Gasteiger partial charge in [-0.2, -0.15) is 5.10 Å². The van der Waals surface area contributed by atoms with Crippen molar-refractivity contribution in [1.82, 2.24) is 19.6 Å². The van der Waals surface area contributed by atoms with Crippen molar-refractivity contribution in [2.45, 2.75) is 20.0 Å². The predicted molar refractivity (Wildman–Crippen MR) is 97.9 cm³/mol. The molecule has 1 aliphatic rings. The average molecular weight is 430 g/mol. The smallest absolute Gasteiger partial charge is 0.244 e. The van der Waals surface area contributed by atoms with E-state index < -0.39 is 0 Å². The van der Waals surface area contributed by atoms with Crippen molar-refractivity contribution in [1.29, 1.82) is 0 Å². The molecule has 0 unspecified atom stereocenters. The maximum atomic E-state index is 13.9. The number of carbonyl (C=O) groups is 1. The van der Waals surface area contributed by atoms with Gasteiger partial charge in [-0.15, -0.1) is 0 Å². The first kappa shape index (κ1) is 18.4. The highest BCUT2D eigenvalue weighted by molar-refractivity contribution is 9.10.